The Kier molecular flexibility index (Phi) is 4.06. The van der Waals surface area contributed by atoms with Crippen molar-refractivity contribution < 1.29 is 4.79 Å². The number of nitrogen functional groups attached to an aromatic ring is 1. The first-order valence-electron chi connectivity index (χ1n) is 7.93. The maximum Gasteiger partial charge on any atom is 0.265 e. The van der Waals surface area contributed by atoms with E-state index < -0.39 is 0 Å². The van der Waals surface area contributed by atoms with E-state index in [0.717, 1.165) is 18.1 Å². The molecule has 2 saturated carbocycles. The first-order valence-corrected chi connectivity index (χ1v) is 8.74. The smallest absolute Gasteiger partial charge is 0.265 e. The van der Waals surface area contributed by atoms with Gasteiger partial charge in [-0.2, -0.15) is 0 Å². The Morgan fingerprint density at radius 1 is 1.43 bits per heavy atom. The molecular formula is C15H24N4OS. The molecule has 0 aromatic carbocycles. The standard InChI is InChI=1S/C15H24N4OS/c1-2-15(7-4-8-15)9-17-13(20)11-12(16)19-14(21-11)18-10-5-3-6-10/h10H,2-9,16H2,1H3,(H,17,20)(H,18,19). The fourth-order valence-corrected chi connectivity index (χ4v) is 3.84. The molecule has 0 radical (unpaired) electrons. The molecule has 0 unspecified atom stereocenters. The van der Waals surface area contributed by atoms with E-state index in [1.807, 2.05) is 0 Å². The number of anilines is 2. The lowest BCUT2D eigenvalue weighted by molar-refractivity contribution is 0.0854. The Labute approximate surface area is 129 Å². The molecule has 2 fully saturated rings. The van der Waals surface area contributed by atoms with Gasteiger partial charge in [0.2, 0.25) is 0 Å². The molecule has 5 nitrogen and oxygen atoms in total. The van der Waals surface area contributed by atoms with Crippen molar-refractivity contribution in [2.24, 2.45) is 5.41 Å². The van der Waals surface area contributed by atoms with E-state index in [9.17, 15) is 4.79 Å². The summed E-state index contributed by atoms with van der Waals surface area (Å²) in [7, 11) is 0. The zero-order valence-electron chi connectivity index (χ0n) is 12.6. The van der Waals surface area contributed by atoms with Crippen LogP contribution in [0.15, 0.2) is 0 Å². The van der Waals surface area contributed by atoms with Gasteiger partial charge in [-0.3, -0.25) is 4.79 Å². The number of nitrogens with zero attached hydrogens (tertiary/aromatic N) is 1. The summed E-state index contributed by atoms with van der Waals surface area (Å²) in [6.45, 7) is 2.96. The van der Waals surface area contributed by atoms with E-state index in [2.05, 4.69) is 22.5 Å². The van der Waals surface area contributed by atoms with Gasteiger partial charge in [-0.15, -0.1) is 0 Å². The van der Waals surface area contributed by atoms with Crippen molar-refractivity contribution in [2.45, 2.75) is 57.9 Å². The molecule has 0 spiro atoms. The van der Waals surface area contributed by atoms with Gasteiger partial charge in [0, 0.05) is 12.6 Å². The van der Waals surface area contributed by atoms with E-state index in [0.29, 0.717) is 22.2 Å². The van der Waals surface area contributed by atoms with Crippen LogP contribution in [-0.2, 0) is 0 Å². The lowest BCUT2D eigenvalue weighted by atomic mass is 9.67. The summed E-state index contributed by atoms with van der Waals surface area (Å²) in [4.78, 5) is 17.1. The normalized spacial score (nSPS) is 20.4. The summed E-state index contributed by atoms with van der Waals surface area (Å²) in [5.41, 5.74) is 6.22. The zero-order valence-corrected chi connectivity index (χ0v) is 13.4. The number of carbonyl (C=O) groups excluding carboxylic acids is 1. The third-order valence-electron chi connectivity index (χ3n) is 5.08. The highest BCUT2D eigenvalue weighted by Crippen LogP contribution is 2.43. The predicted octanol–water partition coefficient (Wildman–Crippen LogP) is 3.00. The lowest BCUT2D eigenvalue weighted by Gasteiger charge is -2.41. The van der Waals surface area contributed by atoms with Crippen LogP contribution in [0.25, 0.3) is 0 Å². The van der Waals surface area contributed by atoms with Gasteiger partial charge in [-0.05, 0) is 43.9 Å². The second-order valence-electron chi connectivity index (χ2n) is 6.40. The van der Waals surface area contributed by atoms with Gasteiger partial charge < -0.3 is 16.4 Å². The van der Waals surface area contributed by atoms with Crippen LogP contribution in [0.3, 0.4) is 0 Å². The summed E-state index contributed by atoms with van der Waals surface area (Å²) < 4.78 is 0. The van der Waals surface area contributed by atoms with Crippen LogP contribution >= 0.6 is 11.3 Å². The molecule has 0 saturated heterocycles. The zero-order chi connectivity index (χ0) is 14.9. The molecule has 21 heavy (non-hydrogen) atoms. The van der Waals surface area contributed by atoms with E-state index >= 15 is 0 Å². The molecular weight excluding hydrogens is 284 g/mol. The molecule has 1 aromatic rings. The van der Waals surface area contributed by atoms with Crippen LogP contribution in [0.2, 0.25) is 0 Å². The third-order valence-corrected chi connectivity index (χ3v) is 6.08. The Hall–Kier alpha value is -1.30. The van der Waals surface area contributed by atoms with Gasteiger partial charge in [-0.1, -0.05) is 24.7 Å². The monoisotopic (exact) mass is 308 g/mol. The van der Waals surface area contributed by atoms with Crippen LogP contribution in [0.1, 0.15) is 61.5 Å². The summed E-state index contributed by atoms with van der Waals surface area (Å²) in [6.07, 6.45) is 8.47. The Bertz CT molecular complexity index is 514. The molecule has 116 valence electrons. The fourth-order valence-electron chi connectivity index (χ4n) is 2.96. The SMILES string of the molecule is CCC1(CNC(=O)c2sc(NC3CCC3)nc2N)CCC1. The van der Waals surface area contributed by atoms with Crippen molar-refractivity contribution in [1.82, 2.24) is 10.3 Å². The number of nitrogens with two attached hydrogens (primary N) is 1. The van der Waals surface area contributed by atoms with Crippen LogP contribution in [0.4, 0.5) is 10.9 Å². The van der Waals surface area contributed by atoms with Gasteiger partial charge in [0.25, 0.3) is 5.91 Å². The number of thiazole rings is 1. The van der Waals surface area contributed by atoms with Gasteiger partial charge in [0.15, 0.2) is 5.13 Å². The van der Waals surface area contributed by atoms with E-state index in [4.69, 9.17) is 5.73 Å². The van der Waals surface area contributed by atoms with E-state index in [-0.39, 0.29) is 5.91 Å². The molecule has 2 aliphatic rings. The second-order valence-corrected chi connectivity index (χ2v) is 7.39. The molecule has 1 aromatic heterocycles. The number of hydrogen-bond acceptors (Lipinski definition) is 5. The van der Waals surface area contributed by atoms with Crippen molar-refractivity contribution in [3.63, 3.8) is 0 Å². The van der Waals surface area contributed by atoms with Crippen LogP contribution in [0, 0.1) is 5.41 Å². The van der Waals surface area contributed by atoms with E-state index in [1.54, 1.807) is 0 Å². The minimum Gasteiger partial charge on any atom is -0.382 e. The Morgan fingerprint density at radius 3 is 2.71 bits per heavy atom. The van der Waals surface area contributed by atoms with Crippen LogP contribution in [0.5, 0.6) is 0 Å². The molecule has 6 heteroatoms. The summed E-state index contributed by atoms with van der Waals surface area (Å²) in [6, 6.07) is 0.504. The molecule has 4 N–H and O–H groups in total. The van der Waals surface area contributed by atoms with Gasteiger partial charge in [0.05, 0.1) is 0 Å². The topological polar surface area (TPSA) is 80.0 Å². The minimum atomic E-state index is -0.0774. The number of carbonyl (C=O) groups is 1. The largest absolute Gasteiger partial charge is 0.382 e. The van der Waals surface area contributed by atoms with Crippen molar-refractivity contribution >= 4 is 28.2 Å². The minimum absolute atomic E-state index is 0.0774. The van der Waals surface area contributed by atoms with Crippen LogP contribution < -0.4 is 16.4 Å². The average Bonchev–Trinajstić information content (AvgIpc) is 2.74. The number of aromatic nitrogens is 1. The summed E-state index contributed by atoms with van der Waals surface area (Å²) in [5.74, 6) is 0.268. The number of amides is 1. The summed E-state index contributed by atoms with van der Waals surface area (Å²) in [5, 5.41) is 7.17. The first kappa shape index (κ1) is 14.6. The molecule has 0 atom stereocenters. The lowest BCUT2D eigenvalue weighted by Crippen LogP contribution is -2.41. The Balaban J connectivity index is 1.58. The van der Waals surface area contributed by atoms with E-state index in [1.165, 1.54) is 49.9 Å². The molecule has 1 heterocycles. The highest BCUT2D eigenvalue weighted by molar-refractivity contribution is 7.18. The second kappa shape index (κ2) is 5.83. The fraction of sp³-hybridized carbons (Fsp3) is 0.733. The number of nitrogens with one attached hydrogen (secondary N) is 2. The van der Waals surface area contributed by atoms with Crippen molar-refractivity contribution in [3.8, 4) is 0 Å². The van der Waals surface area contributed by atoms with Gasteiger partial charge in [0.1, 0.15) is 10.7 Å². The third kappa shape index (κ3) is 3.00. The van der Waals surface area contributed by atoms with Gasteiger partial charge in [-0.25, -0.2) is 4.98 Å². The number of hydrogen-bond donors (Lipinski definition) is 3. The molecule has 3 rings (SSSR count). The Morgan fingerprint density at radius 2 is 2.19 bits per heavy atom. The highest BCUT2D eigenvalue weighted by atomic mass is 32.1. The molecule has 0 aliphatic heterocycles. The highest BCUT2D eigenvalue weighted by Gasteiger charge is 2.35. The van der Waals surface area contributed by atoms with Crippen LogP contribution in [-0.4, -0.2) is 23.5 Å². The van der Waals surface area contributed by atoms with Gasteiger partial charge >= 0.3 is 0 Å². The maximum atomic E-state index is 12.3. The molecule has 1 amide bonds. The molecule has 2 aliphatic carbocycles. The average molecular weight is 308 g/mol. The quantitative estimate of drug-likeness (QED) is 0.754. The summed E-state index contributed by atoms with van der Waals surface area (Å²) >= 11 is 1.37. The molecule has 0 bridgehead atoms. The van der Waals surface area contributed by atoms with Crippen molar-refractivity contribution in [2.75, 3.05) is 17.6 Å². The maximum absolute atomic E-state index is 12.3. The van der Waals surface area contributed by atoms with Crippen molar-refractivity contribution in [3.05, 3.63) is 4.88 Å². The number of rotatable bonds is 6. The van der Waals surface area contributed by atoms with Crippen molar-refractivity contribution in [1.29, 1.82) is 0 Å². The predicted molar refractivity (Wildman–Crippen MR) is 86.7 cm³/mol. The first-order chi connectivity index (χ1) is 10.1.